The second-order valence-electron chi connectivity index (χ2n) is 4.99. The molecule has 1 rings (SSSR count). The van der Waals surface area contributed by atoms with E-state index in [1.54, 1.807) is 18.2 Å². The summed E-state index contributed by atoms with van der Waals surface area (Å²) >= 11 is 11.7. The van der Waals surface area contributed by atoms with E-state index in [9.17, 15) is 14.4 Å². The van der Waals surface area contributed by atoms with Gasteiger partial charge in [-0.1, -0.05) is 23.2 Å². The molecule has 0 heterocycles. The van der Waals surface area contributed by atoms with E-state index in [2.05, 4.69) is 16.2 Å². The van der Waals surface area contributed by atoms with E-state index in [0.29, 0.717) is 22.2 Å². The topological polar surface area (TPSA) is 96.5 Å². The number of amides is 3. The van der Waals surface area contributed by atoms with Crippen LogP contribution in [0.25, 0.3) is 0 Å². The molecule has 0 radical (unpaired) electrons. The third-order valence-electron chi connectivity index (χ3n) is 2.84. The summed E-state index contributed by atoms with van der Waals surface area (Å²) in [6, 6.07) is 4.13. The standard InChI is InChI=1S/C15H19Cl2N3O4/c1-9(18-10(2)21)15(23)20-19-14(22)4-3-7-24-13-6-5-11(16)8-12(13)17/h5-6,8-9H,3-4,7H2,1-2H3,(H,18,21)(H,19,22)(H,20,23). The van der Waals surface area contributed by atoms with Gasteiger partial charge in [0.15, 0.2) is 0 Å². The van der Waals surface area contributed by atoms with Gasteiger partial charge in [0.25, 0.3) is 5.91 Å². The summed E-state index contributed by atoms with van der Waals surface area (Å²) in [6.45, 7) is 3.09. The quantitative estimate of drug-likeness (QED) is 0.500. The summed E-state index contributed by atoms with van der Waals surface area (Å²) in [5.41, 5.74) is 4.50. The molecule has 1 unspecified atom stereocenters. The van der Waals surface area contributed by atoms with Crippen molar-refractivity contribution >= 4 is 40.9 Å². The van der Waals surface area contributed by atoms with Crippen molar-refractivity contribution in [2.45, 2.75) is 32.7 Å². The van der Waals surface area contributed by atoms with Crippen LogP contribution in [0.1, 0.15) is 26.7 Å². The number of rotatable bonds is 7. The van der Waals surface area contributed by atoms with E-state index >= 15 is 0 Å². The highest BCUT2D eigenvalue weighted by Gasteiger charge is 2.14. The van der Waals surface area contributed by atoms with Gasteiger partial charge in [-0.25, -0.2) is 0 Å². The molecule has 7 nitrogen and oxygen atoms in total. The maximum Gasteiger partial charge on any atom is 0.260 e. The Morgan fingerprint density at radius 3 is 2.54 bits per heavy atom. The van der Waals surface area contributed by atoms with Crippen molar-refractivity contribution in [3.63, 3.8) is 0 Å². The second kappa shape index (κ2) is 10.00. The third kappa shape index (κ3) is 7.52. The number of halogens is 2. The van der Waals surface area contributed by atoms with Gasteiger partial charge in [0.1, 0.15) is 11.8 Å². The summed E-state index contributed by atoms with van der Waals surface area (Å²) in [6.07, 6.45) is 0.585. The number of ether oxygens (including phenoxy) is 1. The molecule has 1 aromatic rings. The molecule has 24 heavy (non-hydrogen) atoms. The molecule has 1 atom stereocenters. The zero-order chi connectivity index (χ0) is 18.1. The normalized spacial score (nSPS) is 11.3. The minimum atomic E-state index is -0.738. The number of benzene rings is 1. The molecule has 1 aromatic carbocycles. The molecule has 3 N–H and O–H groups in total. The highest BCUT2D eigenvalue weighted by molar-refractivity contribution is 6.35. The largest absolute Gasteiger partial charge is 0.492 e. The van der Waals surface area contributed by atoms with Crippen LogP contribution in [-0.4, -0.2) is 30.4 Å². The molecular formula is C15H19Cl2N3O4. The van der Waals surface area contributed by atoms with Gasteiger partial charge in [-0.2, -0.15) is 0 Å². The zero-order valence-corrected chi connectivity index (χ0v) is 14.8. The van der Waals surface area contributed by atoms with Crippen molar-refractivity contribution < 1.29 is 19.1 Å². The van der Waals surface area contributed by atoms with Gasteiger partial charge in [-0.05, 0) is 31.5 Å². The van der Waals surface area contributed by atoms with Crippen LogP contribution in [0.2, 0.25) is 10.0 Å². The van der Waals surface area contributed by atoms with Gasteiger partial charge in [0, 0.05) is 18.4 Å². The molecule has 0 spiro atoms. The highest BCUT2D eigenvalue weighted by Crippen LogP contribution is 2.27. The summed E-state index contributed by atoms with van der Waals surface area (Å²) in [4.78, 5) is 34.0. The van der Waals surface area contributed by atoms with E-state index in [1.807, 2.05) is 0 Å². The lowest BCUT2D eigenvalue weighted by Gasteiger charge is -2.13. The lowest BCUT2D eigenvalue weighted by molar-refractivity contribution is -0.131. The van der Waals surface area contributed by atoms with E-state index in [-0.39, 0.29) is 24.8 Å². The zero-order valence-electron chi connectivity index (χ0n) is 13.3. The Balaban J connectivity index is 2.22. The monoisotopic (exact) mass is 375 g/mol. The first-order valence-corrected chi connectivity index (χ1v) is 7.99. The summed E-state index contributed by atoms with van der Waals surface area (Å²) < 4.78 is 5.44. The van der Waals surface area contributed by atoms with E-state index in [4.69, 9.17) is 27.9 Å². The summed E-state index contributed by atoms with van der Waals surface area (Å²) in [5, 5.41) is 3.31. The van der Waals surface area contributed by atoms with Crippen LogP contribution in [0.3, 0.4) is 0 Å². The Labute approximate surface area is 150 Å². The molecule has 132 valence electrons. The molecule has 0 aromatic heterocycles. The first-order valence-electron chi connectivity index (χ1n) is 7.23. The molecule has 0 saturated carbocycles. The Bertz CT molecular complexity index is 610. The van der Waals surface area contributed by atoms with Crippen LogP contribution in [0.15, 0.2) is 18.2 Å². The van der Waals surface area contributed by atoms with Crippen molar-refractivity contribution in [1.82, 2.24) is 16.2 Å². The van der Waals surface area contributed by atoms with Crippen molar-refractivity contribution in [1.29, 1.82) is 0 Å². The molecular weight excluding hydrogens is 357 g/mol. The highest BCUT2D eigenvalue weighted by atomic mass is 35.5. The molecule has 0 aliphatic rings. The molecule has 0 saturated heterocycles. The Hall–Kier alpha value is -1.99. The lowest BCUT2D eigenvalue weighted by Crippen LogP contribution is -2.50. The van der Waals surface area contributed by atoms with Crippen LogP contribution in [-0.2, 0) is 14.4 Å². The van der Waals surface area contributed by atoms with Crippen molar-refractivity contribution in [2.24, 2.45) is 0 Å². The van der Waals surface area contributed by atoms with Crippen LogP contribution < -0.4 is 20.9 Å². The lowest BCUT2D eigenvalue weighted by atomic mass is 10.3. The molecule has 0 bridgehead atoms. The Kier molecular flexibility index (Phi) is 8.35. The number of hydrogen-bond acceptors (Lipinski definition) is 4. The van der Waals surface area contributed by atoms with Gasteiger partial charge < -0.3 is 10.1 Å². The van der Waals surface area contributed by atoms with Crippen LogP contribution >= 0.6 is 23.2 Å². The fourth-order valence-electron chi connectivity index (χ4n) is 1.68. The predicted octanol–water partition coefficient (Wildman–Crippen LogP) is 1.82. The molecule has 0 aliphatic carbocycles. The summed E-state index contributed by atoms with van der Waals surface area (Å²) in [5.74, 6) is -0.729. The molecule has 3 amide bonds. The second-order valence-corrected chi connectivity index (χ2v) is 5.83. The molecule has 0 fully saturated rings. The number of hydrogen-bond donors (Lipinski definition) is 3. The smallest absolute Gasteiger partial charge is 0.260 e. The summed E-state index contributed by atoms with van der Waals surface area (Å²) in [7, 11) is 0. The van der Waals surface area contributed by atoms with Gasteiger partial charge in [0.2, 0.25) is 11.8 Å². The van der Waals surface area contributed by atoms with Crippen molar-refractivity contribution in [2.75, 3.05) is 6.61 Å². The average molecular weight is 376 g/mol. The molecule has 0 aliphatic heterocycles. The van der Waals surface area contributed by atoms with E-state index < -0.39 is 11.9 Å². The average Bonchev–Trinajstić information content (AvgIpc) is 2.50. The predicted molar refractivity (Wildman–Crippen MR) is 90.8 cm³/mol. The van der Waals surface area contributed by atoms with Crippen LogP contribution in [0.4, 0.5) is 0 Å². The van der Waals surface area contributed by atoms with E-state index in [0.717, 1.165) is 0 Å². The minimum absolute atomic E-state index is 0.153. The van der Waals surface area contributed by atoms with E-state index in [1.165, 1.54) is 13.8 Å². The Morgan fingerprint density at radius 1 is 1.21 bits per heavy atom. The van der Waals surface area contributed by atoms with Crippen molar-refractivity contribution in [3.8, 4) is 5.75 Å². The Morgan fingerprint density at radius 2 is 1.92 bits per heavy atom. The van der Waals surface area contributed by atoms with Crippen molar-refractivity contribution in [3.05, 3.63) is 28.2 Å². The van der Waals surface area contributed by atoms with Gasteiger partial charge in [0.05, 0.1) is 11.6 Å². The third-order valence-corrected chi connectivity index (χ3v) is 3.37. The van der Waals surface area contributed by atoms with Gasteiger partial charge in [-0.15, -0.1) is 0 Å². The first-order chi connectivity index (χ1) is 11.3. The first kappa shape index (κ1) is 20.1. The number of carbonyl (C=O) groups is 3. The minimum Gasteiger partial charge on any atom is -0.492 e. The maximum absolute atomic E-state index is 11.6. The maximum atomic E-state index is 11.6. The number of carbonyl (C=O) groups excluding carboxylic acids is 3. The fraction of sp³-hybridized carbons (Fsp3) is 0.400. The SMILES string of the molecule is CC(=O)NC(C)C(=O)NNC(=O)CCCOc1ccc(Cl)cc1Cl. The molecule has 9 heteroatoms. The van der Waals surface area contributed by atoms with Crippen LogP contribution in [0, 0.1) is 0 Å². The van der Waals surface area contributed by atoms with Crippen LogP contribution in [0.5, 0.6) is 5.75 Å². The fourth-order valence-corrected chi connectivity index (χ4v) is 2.14. The van der Waals surface area contributed by atoms with Gasteiger partial charge >= 0.3 is 0 Å². The van der Waals surface area contributed by atoms with Gasteiger partial charge in [-0.3, -0.25) is 25.2 Å². The number of nitrogens with one attached hydrogen (secondary N) is 3. The number of hydrazine groups is 1.